The minimum Gasteiger partial charge on any atom is -0.413 e. The quantitative estimate of drug-likeness (QED) is 0.432. The fraction of sp³-hybridized carbons (Fsp3) is 0.875. The highest BCUT2D eigenvalue weighted by molar-refractivity contribution is 5.79. The number of likely N-dealkylation sites (tertiary alicyclic amines) is 2. The van der Waals surface area contributed by atoms with Gasteiger partial charge in [-0.3, -0.25) is 25.0 Å². The molecule has 2 fully saturated rings. The molecule has 156 valence electrons. The summed E-state index contributed by atoms with van der Waals surface area (Å²) >= 11 is 0. The molecule has 0 amide bonds. The van der Waals surface area contributed by atoms with Gasteiger partial charge in [0.1, 0.15) is 5.78 Å². The maximum absolute atomic E-state index is 10.6. The van der Waals surface area contributed by atoms with Crippen molar-refractivity contribution < 1.29 is 19.7 Å². The largest absolute Gasteiger partial charge is 0.413 e. The zero-order valence-electron chi connectivity index (χ0n) is 14.5. The van der Waals surface area contributed by atoms with E-state index in [0.29, 0.717) is 31.7 Å². The van der Waals surface area contributed by atoms with Crippen LogP contribution >= 0.6 is 0 Å². The minimum absolute atomic E-state index is 0. The van der Waals surface area contributed by atoms with Crippen LogP contribution in [0.1, 0.15) is 40.5 Å². The highest BCUT2D eigenvalue weighted by Crippen LogP contribution is 2.23. The molecule has 2 heterocycles. The summed E-state index contributed by atoms with van der Waals surface area (Å²) in [7, 11) is 4.87. The molecule has 0 aliphatic carbocycles. The van der Waals surface area contributed by atoms with Gasteiger partial charge < -0.3 is 14.9 Å². The van der Waals surface area contributed by atoms with Crippen LogP contribution in [0.2, 0.25) is 0 Å². The van der Waals surface area contributed by atoms with E-state index in [1.165, 1.54) is 0 Å². The van der Waals surface area contributed by atoms with Gasteiger partial charge in [-0.1, -0.05) is 14.9 Å². The van der Waals surface area contributed by atoms with Crippen molar-refractivity contribution in [2.75, 3.05) is 47.3 Å². The van der Waals surface area contributed by atoms with E-state index in [9.17, 15) is 20.0 Å². The number of hydrogen-bond donors (Lipinski definition) is 1. The Labute approximate surface area is 156 Å². The molecular formula is C16H35N4O6-. The lowest BCUT2D eigenvalue weighted by molar-refractivity contribution is -0.456. The molecule has 0 atom stereocenters. The second-order valence-corrected chi connectivity index (χ2v) is 6.10. The molecule has 0 saturated carbocycles. The normalized spacial score (nSPS) is 19.2. The molecule has 26 heavy (non-hydrogen) atoms. The van der Waals surface area contributed by atoms with Gasteiger partial charge >= 0.3 is 0 Å². The van der Waals surface area contributed by atoms with Crippen molar-refractivity contribution >= 4 is 5.78 Å². The molecule has 1 N–H and O–H groups in total. The molecule has 2 rings (SSSR count). The van der Waals surface area contributed by atoms with E-state index < -0.39 is 15.4 Å². The van der Waals surface area contributed by atoms with Gasteiger partial charge in [0.15, 0.2) is 7.05 Å². The van der Waals surface area contributed by atoms with Crippen LogP contribution in [-0.4, -0.2) is 83.5 Å². The molecule has 0 aromatic carbocycles. The van der Waals surface area contributed by atoms with Crippen LogP contribution in [0.25, 0.3) is 0 Å². The van der Waals surface area contributed by atoms with Crippen LogP contribution in [0.4, 0.5) is 0 Å². The minimum atomic E-state index is -1.18. The standard InChI is InChI=1S/C7H13N2O3.C6H11NO.CH3NO2.2CH4/c1-8-4-2-7(10,3-5-8)6-9(11)12;1-7-4-2-6(8)3-5-7;1-2(3)4;;/h6,10H,2-5H2,1H3;2-5H2,1H3;1H3;2*1H4/q-1;;;;. The first-order chi connectivity index (χ1) is 11.0. The number of rotatable bonds is 2. The zero-order valence-corrected chi connectivity index (χ0v) is 14.5. The molecule has 0 aromatic heterocycles. The Hall–Kier alpha value is -1.78. The topological polar surface area (TPSA) is 130 Å². The monoisotopic (exact) mass is 379 g/mol. The lowest BCUT2D eigenvalue weighted by Gasteiger charge is -2.39. The van der Waals surface area contributed by atoms with Gasteiger partial charge in [0.2, 0.25) is 0 Å². The summed E-state index contributed by atoms with van der Waals surface area (Å²) in [4.78, 5) is 32.7. The number of piperidine rings is 2. The van der Waals surface area contributed by atoms with Crippen molar-refractivity contribution in [2.45, 2.75) is 46.1 Å². The maximum Gasteiger partial charge on any atom is 0.194 e. The number of aliphatic hydroxyl groups is 1. The fourth-order valence-electron chi connectivity index (χ4n) is 2.20. The van der Waals surface area contributed by atoms with Crippen molar-refractivity contribution in [1.29, 1.82) is 0 Å². The predicted octanol–water partition coefficient (Wildman–Crippen LogP) is 1.33. The van der Waals surface area contributed by atoms with Gasteiger partial charge in [-0.05, 0) is 46.6 Å². The van der Waals surface area contributed by atoms with Crippen molar-refractivity contribution in [3.8, 4) is 0 Å². The molecule has 0 aromatic rings. The Kier molecular flexibility index (Phi) is 16.1. The van der Waals surface area contributed by atoms with Crippen LogP contribution in [0.5, 0.6) is 0 Å². The lowest BCUT2D eigenvalue weighted by atomic mass is 9.92. The Morgan fingerprint density at radius 3 is 1.65 bits per heavy atom. The molecule has 10 nitrogen and oxygen atoms in total. The summed E-state index contributed by atoms with van der Waals surface area (Å²) in [6.07, 6.45) is 2.42. The fourth-order valence-corrected chi connectivity index (χ4v) is 2.20. The average molecular weight is 379 g/mol. The molecule has 2 saturated heterocycles. The molecule has 0 unspecified atom stereocenters. The van der Waals surface area contributed by atoms with Crippen LogP contribution in [0.3, 0.4) is 0 Å². The number of nitrogens with zero attached hydrogens (tertiary/aromatic N) is 4. The van der Waals surface area contributed by atoms with Gasteiger partial charge in [0.25, 0.3) is 0 Å². The third-order valence-electron chi connectivity index (χ3n) is 3.74. The predicted molar refractivity (Wildman–Crippen MR) is 101 cm³/mol. The summed E-state index contributed by atoms with van der Waals surface area (Å²) in [6.45, 7) is 4.14. The SMILES string of the molecule is C.C.CN1CCC(=O)CC1.CN1CCC(O)([CH-][N+](=O)[O-])CC1.C[N+](=O)[O-]. The summed E-state index contributed by atoms with van der Waals surface area (Å²) in [5, 5.41) is 28.6. The van der Waals surface area contributed by atoms with E-state index in [2.05, 4.69) is 4.90 Å². The van der Waals surface area contributed by atoms with E-state index in [1.54, 1.807) is 0 Å². The molecule has 0 radical (unpaired) electrons. The van der Waals surface area contributed by atoms with Crippen LogP contribution < -0.4 is 0 Å². The first-order valence-electron chi connectivity index (χ1n) is 7.73. The van der Waals surface area contributed by atoms with E-state index in [0.717, 1.165) is 39.5 Å². The van der Waals surface area contributed by atoms with Gasteiger partial charge in [0.05, 0.1) is 0 Å². The molecule has 0 bridgehead atoms. The van der Waals surface area contributed by atoms with Crippen LogP contribution in [0, 0.1) is 26.8 Å². The van der Waals surface area contributed by atoms with Gasteiger partial charge in [-0.15, -0.1) is 4.92 Å². The number of Topliss-reactive ketones (excluding diaryl/α,β-unsaturated/α-hetero) is 1. The van der Waals surface area contributed by atoms with Crippen molar-refractivity contribution in [2.24, 2.45) is 0 Å². The van der Waals surface area contributed by atoms with Crippen molar-refractivity contribution in [3.05, 3.63) is 26.8 Å². The van der Waals surface area contributed by atoms with Gasteiger partial charge in [-0.2, -0.15) is 0 Å². The average Bonchev–Trinajstić information content (AvgIpc) is 2.45. The second-order valence-electron chi connectivity index (χ2n) is 6.10. The molecule has 0 spiro atoms. The van der Waals surface area contributed by atoms with Crippen molar-refractivity contribution in [1.82, 2.24) is 9.80 Å². The highest BCUT2D eigenvalue weighted by atomic mass is 16.6. The molecule has 2 aliphatic rings. The van der Waals surface area contributed by atoms with E-state index in [4.69, 9.17) is 10.1 Å². The Morgan fingerprint density at radius 2 is 1.35 bits per heavy atom. The summed E-state index contributed by atoms with van der Waals surface area (Å²) in [5.74, 6) is 0.420. The second kappa shape index (κ2) is 14.4. The zero-order chi connectivity index (χ0) is 18.8. The molecule has 2 aliphatic heterocycles. The van der Waals surface area contributed by atoms with E-state index in [-0.39, 0.29) is 14.9 Å². The van der Waals surface area contributed by atoms with Crippen LogP contribution in [-0.2, 0) is 4.79 Å². The third kappa shape index (κ3) is 15.7. The smallest absolute Gasteiger partial charge is 0.194 e. The molecular weight excluding hydrogens is 344 g/mol. The van der Waals surface area contributed by atoms with E-state index in [1.807, 2.05) is 19.0 Å². The maximum atomic E-state index is 10.6. The third-order valence-corrected chi connectivity index (χ3v) is 3.74. The first kappa shape index (κ1) is 29.0. The van der Waals surface area contributed by atoms with Crippen molar-refractivity contribution in [3.63, 3.8) is 0 Å². The number of carbonyl (C=O) groups is 1. The van der Waals surface area contributed by atoms with Gasteiger partial charge in [0, 0.05) is 36.5 Å². The van der Waals surface area contributed by atoms with E-state index >= 15 is 0 Å². The Balaban J connectivity index is -0.000000331. The van der Waals surface area contributed by atoms with Gasteiger partial charge in [-0.25, -0.2) is 0 Å². The highest BCUT2D eigenvalue weighted by Gasteiger charge is 2.27. The number of ketones is 1. The summed E-state index contributed by atoms with van der Waals surface area (Å²) in [5.41, 5.74) is -1.18. The summed E-state index contributed by atoms with van der Waals surface area (Å²) in [6, 6.07) is 0. The Morgan fingerprint density at radius 1 is 1.00 bits per heavy atom. The summed E-state index contributed by atoms with van der Waals surface area (Å²) < 4.78 is 0. The first-order valence-corrected chi connectivity index (χ1v) is 7.73. The number of carbonyl (C=O) groups excluding carboxylic acids is 1. The Bertz CT molecular complexity index is 411. The molecule has 10 heteroatoms. The number of hydrogen-bond acceptors (Lipinski definition) is 8. The lowest BCUT2D eigenvalue weighted by Crippen LogP contribution is -2.44. The van der Waals surface area contributed by atoms with Crippen LogP contribution in [0.15, 0.2) is 0 Å². The number of nitro groups is 2.